The maximum atomic E-state index is 12.9. The Bertz CT molecular complexity index is 1090. The van der Waals surface area contributed by atoms with Gasteiger partial charge in [-0.1, -0.05) is 122 Å². The number of carbonyl (C=O) groups is 2. The van der Waals surface area contributed by atoms with Crippen molar-refractivity contribution in [3.05, 3.63) is 12.2 Å². The zero-order chi connectivity index (χ0) is 43.3. The Kier molecular flexibility index (Phi) is 29.8. The Morgan fingerprint density at radius 3 is 1.49 bits per heavy atom. The van der Waals surface area contributed by atoms with Gasteiger partial charge in [0.05, 0.1) is 19.8 Å². The first-order valence-corrected chi connectivity index (χ1v) is 22.8. The van der Waals surface area contributed by atoms with E-state index in [1.54, 1.807) is 0 Å². The molecule has 0 spiro atoms. The Hall–Kier alpha value is -1.76. The predicted octanol–water partition coefficient (Wildman–Crippen LogP) is 4.65. The molecule has 2 aliphatic rings. The molecule has 0 aliphatic carbocycles. The molecular formula is C44H80O15. The number of rotatable bonds is 34. The summed E-state index contributed by atoms with van der Waals surface area (Å²) in [5, 5.41) is 71.7. The minimum Gasteiger partial charge on any atom is -0.462 e. The standard InChI is InChI=1S/C44H80O15/c1-3-5-7-9-11-12-13-14-15-16-17-18-19-21-23-25-27-36(47)57-32(29-54-35(46)26-24-22-20-10-8-6-4-2)30-55-43-42(53)40(51)38(49)34(59-43)31-56-44-41(52)39(50)37(48)33(28-45)58-44/h15-16,32-34,37-45,48-53H,3-14,17-31H2,1-2H3/b16-15-. The van der Waals surface area contributed by atoms with E-state index in [1.165, 1.54) is 57.8 Å². The highest BCUT2D eigenvalue weighted by molar-refractivity contribution is 5.70. The van der Waals surface area contributed by atoms with Gasteiger partial charge in [-0.2, -0.15) is 0 Å². The molecule has 0 bridgehead atoms. The van der Waals surface area contributed by atoms with Gasteiger partial charge < -0.3 is 64.2 Å². The predicted molar refractivity (Wildman–Crippen MR) is 220 cm³/mol. The third-order valence-electron chi connectivity index (χ3n) is 11.0. The second-order valence-corrected chi connectivity index (χ2v) is 16.2. The van der Waals surface area contributed by atoms with Crippen molar-refractivity contribution < 1.29 is 73.8 Å². The van der Waals surface area contributed by atoms with E-state index in [-0.39, 0.29) is 26.1 Å². The number of carbonyl (C=O) groups excluding carboxylic acids is 2. The molecule has 0 aromatic rings. The fourth-order valence-corrected chi connectivity index (χ4v) is 7.15. The van der Waals surface area contributed by atoms with Crippen molar-refractivity contribution in [1.29, 1.82) is 0 Å². The minimum absolute atomic E-state index is 0.158. The van der Waals surface area contributed by atoms with Crippen molar-refractivity contribution in [3.8, 4) is 0 Å². The van der Waals surface area contributed by atoms with Crippen molar-refractivity contribution in [1.82, 2.24) is 0 Å². The fraction of sp³-hybridized carbons (Fsp3) is 0.909. The van der Waals surface area contributed by atoms with Crippen LogP contribution in [0.1, 0.15) is 162 Å². The normalized spacial score (nSPS) is 27.9. The highest BCUT2D eigenvalue weighted by Crippen LogP contribution is 2.26. The van der Waals surface area contributed by atoms with Gasteiger partial charge in [-0.15, -0.1) is 0 Å². The molecule has 2 saturated heterocycles. The van der Waals surface area contributed by atoms with Crippen molar-refractivity contribution in [3.63, 3.8) is 0 Å². The Balaban J connectivity index is 1.83. The third kappa shape index (κ3) is 22.2. The summed E-state index contributed by atoms with van der Waals surface area (Å²) in [7, 11) is 0. The van der Waals surface area contributed by atoms with Gasteiger partial charge in [0, 0.05) is 12.8 Å². The van der Waals surface area contributed by atoms with Crippen LogP contribution in [0.4, 0.5) is 0 Å². The summed E-state index contributed by atoms with van der Waals surface area (Å²) in [6, 6.07) is 0. The first-order valence-electron chi connectivity index (χ1n) is 22.8. The molecule has 0 radical (unpaired) electrons. The van der Waals surface area contributed by atoms with E-state index in [0.29, 0.717) is 12.8 Å². The van der Waals surface area contributed by atoms with Gasteiger partial charge in [-0.3, -0.25) is 9.59 Å². The number of hydrogen-bond acceptors (Lipinski definition) is 15. The molecule has 346 valence electrons. The SMILES string of the molecule is CCCCCCCCC/C=C\CCCCCCCC(=O)OC(COC(=O)CCCCCCCCC)COC1OC(COC2OC(CO)C(O)C(O)C2O)C(O)C(O)C1O. The zero-order valence-electron chi connectivity index (χ0n) is 36.0. The number of esters is 2. The van der Waals surface area contributed by atoms with Gasteiger partial charge in [0.25, 0.3) is 0 Å². The lowest BCUT2D eigenvalue weighted by atomic mass is 9.98. The molecule has 2 fully saturated rings. The molecule has 0 amide bonds. The topological polar surface area (TPSA) is 231 Å². The molecule has 11 unspecified atom stereocenters. The summed E-state index contributed by atoms with van der Waals surface area (Å²) in [5.74, 6) is -0.938. The molecule has 15 nitrogen and oxygen atoms in total. The lowest BCUT2D eigenvalue weighted by Crippen LogP contribution is -2.61. The van der Waals surface area contributed by atoms with Gasteiger partial charge in [-0.25, -0.2) is 0 Å². The van der Waals surface area contributed by atoms with Crippen LogP contribution in [-0.2, 0) is 38.0 Å². The third-order valence-corrected chi connectivity index (χ3v) is 11.0. The van der Waals surface area contributed by atoms with Crippen LogP contribution in [0.2, 0.25) is 0 Å². The summed E-state index contributed by atoms with van der Waals surface area (Å²) in [6.45, 7) is 2.51. The molecule has 59 heavy (non-hydrogen) atoms. The lowest BCUT2D eigenvalue weighted by molar-refractivity contribution is -0.332. The fourth-order valence-electron chi connectivity index (χ4n) is 7.15. The van der Waals surface area contributed by atoms with Gasteiger partial charge in [0.2, 0.25) is 0 Å². The highest BCUT2D eigenvalue weighted by Gasteiger charge is 2.47. The first-order chi connectivity index (χ1) is 28.5. The number of aliphatic hydroxyl groups excluding tert-OH is 7. The van der Waals surface area contributed by atoms with E-state index in [1.807, 2.05) is 0 Å². The van der Waals surface area contributed by atoms with Crippen LogP contribution in [0, 0.1) is 0 Å². The Morgan fingerprint density at radius 2 is 0.966 bits per heavy atom. The van der Waals surface area contributed by atoms with Crippen LogP contribution in [0.15, 0.2) is 12.2 Å². The van der Waals surface area contributed by atoms with E-state index in [0.717, 1.165) is 64.2 Å². The summed E-state index contributed by atoms with van der Waals surface area (Å²) in [5.41, 5.74) is 0. The smallest absolute Gasteiger partial charge is 0.306 e. The monoisotopic (exact) mass is 849 g/mol. The summed E-state index contributed by atoms with van der Waals surface area (Å²) in [6.07, 6.45) is 11.4. The molecule has 0 saturated carbocycles. The summed E-state index contributed by atoms with van der Waals surface area (Å²) < 4.78 is 33.3. The van der Waals surface area contributed by atoms with Crippen LogP contribution < -0.4 is 0 Å². The number of aliphatic hydroxyl groups is 7. The molecule has 7 N–H and O–H groups in total. The van der Waals surface area contributed by atoms with E-state index in [9.17, 15) is 45.3 Å². The van der Waals surface area contributed by atoms with Crippen molar-refractivity contribution in [2.75, 3.05) is 26.4 Å². The Labute approximate surface area is 352 Å². The van der Waals surface area contributed by atoms with Crippen LogP contribution in [0.5, 0.6) is 0 Å². The van der Waals surface area contributed by atoms with Gasteiger partial charge in [-0.05, 0) is 38.5 Å². The number of ether oxygens (including phenoxy) is 6. The highest BCUT2D eigenvalue weighted by atomic mass is 16.7. The van der Waals surface area contributed by atoms with Crippen LogP contribution >= 0.6 is 0 Å². The quantitative estimate of drug-likeness (QED) is 0.0266. The number of allylic oxidation sites excluding steroid dienone is 2. The Morgan fingerprint density at radius 1 is 0.525 bits per heavy atom. The molecule has 2 heterocycles. The molecule has 11 atom stereocenters. The second-order valence-electron chi connectivity index (χ2n) is 16.2. The van der Waals surface area contributed by atoms with E-state index >= 15 is 0 Å². The van der Waals surface area contributed by atoms with Crippen molar-refractivity contribution >= 4 is 11.9 Å². The number of hydrogen-bond donors (Lipinski definition) is 7. The molecule has 0 aromatic heterocycles. The maximum absolute atomic E-state index is 12.9. The van der Waals surface area contributed by atoms with Crippen LogP contribution in [-0.4, -0.2) is 142 Å². The molecule has 2 aliphatic heterocycles. The van der Waals surface area contributed by atoms with Gasteiger partial charge in [0.15, 0.2) is 18.7 Å². The average molecular weight is 849 g/mol. The van der Waals surface area contributed by atoms with Gasteiger partial charge >= 0.3 is 11.9 Å². The number of unbranched alkanes of at least 4 members (excludes halogenated alkanes) is 18. The summed E-state index contributed by atoms with van der Waals surface area (Å²) >= 11 is 0. The average Bonchev–Trinajstić information content (AvgIpc) is 3.23. The van der Waals surface area contributed by atoms with Crippen LogP contribution in [0.25, 0.3) is 0 Å². The molecule has 0 aromatic carbocycles. The van der Waals surface area contributed by atoms with Crippen LogP contribution in [0.3, 0.4) is 0 Å². The second kappa shape index (κ2) is 32.9. The largest absolute Gasteiger partial charge is 0.462 e. The van der Waals surface area contributed by atoms with Crippen molar-refractivity contribution in [2.24, 2.45) is 0 Å². The molecular weight excluding hydrogens is 768 g/mol. The van der Waals surface area contributed by atoms with E-state index in [4.69, 9.17) is 28.4 Å². The first kappa shape index (κ1) is 53.4. The van der Waals surface area contributed by atoms with Crippen molar-refractivity contribution in [2.45, 2.75) is 229 Å². The summed E-state index contributed by atoms with van der Waals surface area (Å²) in [4.78, 5) is 25.5. The minimum atomic E-state index is -1.76. The van der Waals surface area contributed by atoms with E-state index < -0.39 is 92.7 Å². The van der Waals surface area contributed by atoms with Gasteiger partial charge in [0.1, 0.15) is 55.4 Å². The zero-order valence-corrected chi connectivity index (χ0v) is 36.0. The lowest BCUT2D eigenvalue weighted by Gasteiger charge is -2.42. The van der Waals surface area contributed by atoms with E-state index in [2.05, 4.69) is 26.0 Å². The molecule has 2 rings (SSSR count). The maximum Gasteiger partial charge on any atom is 0.306 e. The molecule has 15 heteroatoms.